The van der Waals surface area contributed by atoms with Crippen LogP contribution in [0.1, 0.15) is 50.8 Å². The molecule has 3 aromatic carbocycles. The zero-order valence-corrected chi connectivity index (χ0v) is 24.2. The fourth-order valence-corrected chi connectivity index (χ4v) is 4.59. The zero-order valence-electron chi connectivity index (χ0n) is 24.2. The molecular formula is C32H37N3O7. The van der Waals surface area contributed by atoms with E-state index in [0.29, 0.717) is 29.8 Å². The molecule has 3 aromatic rings. The van der Waals surface area contributed by atoms with E-state index in [1.165, 1.54) is 23.1 Å². The Kier molecular flexibility index (Phi) is 9.25. The molecule has 0 bridgehead atoms. The molecule has 0 aliphatic heterocycles. The minimum Gasteiger partial charge on any atom is -0.508 e. The van der Waals surface area contributed by atoms with Crippen LogP contribution in [0, 0.1) is 0 Å². The average Bonchev–Trinajstić information content (AvgIpc) is 3.77. The van der Waals surface area contributed by atoms with Crippen LogP contribution in [-0.4, -0.2) is 57.8 Å². The van der Waals surface area contributed by atoms with E-state index in [1.54, 1.807) is 82.5 Å². The number of rotatable bonds is 10. The summed E-state index contributed by atoms with van der Waals surface area (Å²) in [6.07, 6.45) is 0.612. The highest BCUT2D eigenvalue weighted by Gasteiger charge is 2.45. The number of benzene rings is 3. The molecule has 1 fully saturated rings. The third-order valence-corrected chi connectivity index (χ3v) is 6.68. The molecule has 10 heteroatoms. The van der Waals surface area contributed by atoms with E-state index in [-0.39, 0.29) is 29.5 Å². The molecule has 222 valence electrons. The lowest BCUT2D eigenvalue weighted by atomic mass is 9.99. The molecule has 10 nitrogen and oxygen atoms in total. The van der Waals surface area contributed by atoms with Crippen molar-refractivity contribution in [3.05, 3.63) is 83.9 Å². The van der Waals surface area contributed by atoms with Gasteiger partial charge in [-0.15, -0.1) is 0 Å². The molecule has 0 aromatic heterocycles. The number of phenolic OH excluding ortho intramolecular Hbond substituents is 2. The number of nitrogens with zero attached hydrogens (tertiary/aromatic N) is 1. The molecule has 0 heterocycles. The van der Waals surface area contributed by atoms with Gasteiger partial charge in [-0.2, -0.15) is 0 Å². The SMILES string of the molecule is COc1ccc(NC(=O)C(c2ccccc2O)N(C(=O)C(Cc2ccc(O)cc2)NC(=O)OC(C)(C)C)C2CC2)cc1. The van der Waals surface area contributed by atoms with E-state index in [2.05, 4.69) is 10.6 Å². The number of anilines is 1. The van der Waals surface area contributed by atoms with Crippen molar-refractivity contribution in [2.24, 2.45) is 0 Å². The molecule has 2 atom stereocenters. The molecule has 42 heavy (non-hydrogen) atoms. The van der Waals surface area contributed by atoms with Gasteiger partial charge in [0.2, 0.25) is 5.91 Å². The van der Waals surface area contributed by atoms with Gasteiger partial charge < -0.3 is 35.2 Å². The van der Waals surface area contributed by atoms with Crippen molar-refractivity contribution in [1.82, 2.24) is 10.2 Å². The molecule has 4 N–H and O–H groups in total. The van der Waals surface area contributed by atoms with Crippen molar-refractivity contribution < 1.29 is 34.1 Å². The second-order valence-electron chi connectivity index (χ2n) is 11.2. The minimum absolute atomic E-state index is 0.0659. The van der Waals surface area contributed by atoms with Gasteiger partial charge in [0.05, 0.1) is 7.11 Å². The van der Waals surface area contributed by atoms with Gasteiger partial charge in [-0.1, -0.05) is 30.3 Å². The van der Waals surface area contributed by atoms with E-state index in [4.69, 9.17) is 9.47 Å². The van der Waals surface area contributed by atoms with E-state index in [9.17, 15) is 24.6 Å². The van der Waals surface area contributed by atoms with E-state index in [1.807, 2.05) is 0 Å². The van der Waals surface area contributed by atoms with Crippen LogP contribution in [0.4, 0.5) is 10.5 Å². The quantitative estimate of drug-likeness (QED) is 0.269. The normalized spacial score (nSPS) is 14.3. The maximum atomic E-state index is 14.4. The summed E-state index contributed by atoms with van der Waals surface area (Å²) < 4.78 is 10.7. The van der Waals surface area contributed by atoms with Gasteiger partial charge in [-0.05, 0) is 81.6 Å². The van der Waals surface area contributed by atoms with Crippen molar-refractivity contribution in [3.63, 3.8) is 0 Å². The van der Waals surface area contributed by atoms with Crippen LogP contribution in [0.3, 0.4) is 0 Å². The topological polar surface area (TPSA) is 137 Å². The fraction of sp³-hybridized carbons (Fsp3) is 0.344. The summed E-state index contributed by atoms with van der Waals surface area (Å²) in [4.78, 5) is 42.7. The number of methoxy groups -OCH3 is 1. The minimum atomic E-state index is -1.20. The predicted molar refractivity (Wildman–Crippen MR) is 157 cm³/mol. The summed E-state index contributed by atoms with van der Waals surface area (Å²) in [5, 5.41) is 26.1. The Morgan fingerprint density at radius 1 is 0.952 bits per heavy atom. The third-order valence-electron chi connectivity index (χ3n) is 6.68. The van der Waals surface area contributed by atoms with Crippen LogP contribution in [-0.2, 0) is 20.7 Å². The predicted octanol–water partition coefficient (Wildman–Crippen LogP) is 4.91. The van der Waals surface area contributed by atoms with E-state index >= 15 is 0 Å². The summed E-state index contributed by atoms with van der Waals surface area (Å²) >= 11 is 0. The Morgan fingerprint density at radius 3 is 2.17 bits per heavy atom. The van der Waals surface area contributed by atoms with Crippen LogP contribution in [0.15, 0.2) is 72.8 Å². The highest BCUT2D eigenvalue weighted by atomic mass is 16.6. The number of hydrogen-bond donors (Lipinski definition) is 4. The second kappa shape index (κ2) is 12.8. The number of alkyl carbamates (subject to hydrolysis) is 1. The number of hydrogen-bond acceptors (Lipinski definition) is 7. The number of carbonyl (C=O) groups excluding carboxylic acids is 3. The number of para-hydroxylation sites is 1. The van der Waals surface area contributed by atoms with Gasteiger partial charge >= 0.3 is 6.09 Å². The molecule has 0 spiro atoms. The van der Waals surface area contributed by atoms with Crippen molar-refractivity contribution in [2.75, 3.05) is 12.4 Å². The number of carbonyl (C=O) groups is 3. The summed E-state index contributed by atoms with van der Waals surface area (Å²) in [5.41, 5.74) is 0.615. The lowest BCUT2D eigenvalue weighted by Crippen LogP contribution is -2.54. The van der Waals surface area contributed by atoms with Crippen molar-refractivity contribution >= 4 is 23.6 Å². The summed E-state index contributed by atoms with van der Waals surface area (Å²) in [6, 6.07) is 16.9. The van der Waals surface area contributed by atoms with Crippen LogP contribution >= 0.6 is 0 Å². The standard InChI is InChI=1S/C32H37N3O7/c1-32(2,3)42-31(40)34-26(19-20-9-15-23(36)16-10-20)30(39)35(22-13-14-22)28(25-7-5-6-8-27(25)37)29(38)33-21-11-17-24(41-4)18-12-21/h5-12,15-18,22,26,28,36-37H,13-14,19H2,1-4H3,(H,33,38)(H,34,40). The zero-order chi connectivity index (χ0) is 30.4. The number of aromatic hydroxyl groups is 2. The van der Waals surface area contributed by atoms with Gasteiger partial charge in [0, 0.05) is 23.7 Å². The number of phenols is 2. The Bertz CT molecular complexity index is 1400. The smallest absolute Gasteiger partial charge is 0.408 e. The molecule has 0 saturated heterocycles. The van der Waals surface area contributed by atoms with Crippen LogP contribution < -0.4 is 15.4 Å². The Balaban J connectivity index is 1.71. The highest BCUT2D eigenvalue weighted by Crippen LogP contribution is 2.39. The molecule has 4 rings (SSSR count). The molecule has 2 unspecified atom stereocenters. The van der Waals surface area contributed by atoms with Gasteiger partial charge in [-0.25, -0.2) is 4.79 Å². The van der Waals surface area contributed by atoms with E-state index < -0.39 is 35.6 Å². The molecule has 1 saturated carbocycles. The maximum absolute atomic E-state index is 14.4. The molecule has 0 radical (unpaired) electrons. The first-order valence-electron chi connectivity index (χ1n) is 13.8. The Labute approximate surface area is 245 Å². The van der Waals surface area contributed by atoms with Crippen molar-refractivity contribution in [3.8, 4) is 17.2 Å². The molecule has 1 aliphatic rings. The van der Waals surface area contributed by atoms with Gasteiger partial charge in [0.1, 0.15) is 34.9 Å². The van der Waals surface area contributed by atoms with Gasteiger partial charge in [-0.3, -0.25) is 9.59 Å². The Hall–Kier alpha value is -4.73. The first kappa shape index (κ1) is 30.2. The average molecular weight is 576 g/mol. The van der Waals surface area contributed by atoms with Crippen molar-refractivity contribution in [2.45, 2.75) is 63.8 Å². The fourth-order valence-electron chi connectivity index (χ4n) is 4.59. The summed E-state index contributed by atoms with van der Waals surface area (Å²) in [6.45, 7) is 5.16. The van der Waals surface area contributed by atoms with Crippen LogP contribution in [0.25, 0.3) is 0 Å². The lowest BCUT2D eigenvalue weighted by molar-refractivity contribution is -0.141. The van der Waals surface area contributed by atoms with Gasteiger partial charge in [0.25, 0.3) is 5.91 Å². The number of amides is 3. The molecule has 1 aliphatic carbocycles. The lowest BCUT2D eigenvalue weighted by Gasteiger charge is -2.35. The number of nitrogens with one attached hydrogen (secondary N) is 2. The summed E-state index contributed by atoms with van der Waals surface area (Å²) in [7, 11) is 1.54. The first-order chi connectivity index (χ1) is 19.9. The van der Waals surface area contributed by atoms with Crippen LogP contribution in [0.2, 0.25) is 0 Å². The Morgan fingerprint density at radius 2 is 1.60 bits per heavy atom. The molecular weight excluding hydrogens is 538 g/mol. The van der Waals surface area contributed by atoms with Gasteiger partial charge in [0.15, 0.2) is 0 Å². The monoisotopic (exact) mass is 575 g/mol. The second-order valence-corrected chi connectivity index (χ2v) is 11.2. The van der Waals surface area contributed by atoms with E-state index in [0.717, 1.165) is 0 Å². The molecule has 3 amide bonds. The maximum Gasteiger partial charge on any atom is 0.408 e. The summed E-state index contributed by atoms with van der Waals surface area (Å²) in [5.74, 6) is -0.486. The largest absolute Gasteiger partial charge is 0.508 e. The van der Waals surface area contributed by atoms with Crippen LogP contribution in [0.5, 0.6) is 17.2 Å². The highest BCUT2D eigenvalue weighted by molar-refractivity contribution is 5.99. The first-order valence-corrected chi connectivity index (χ1v) is 13.8. The van der Waals surface area contributed by atoms with Crippen molar-refractivity contribution in [1.29, 1.82) is 0 Å². The number of ether oxygens (including phenoxy) is 2. The third kappa shape index (κ3) is 7.93.